The molecule has 0 saturated carbocycles. The Morgan fingerprint density at radius 1 is 1.25 bits per heavy atom. The average molecular weight is 362 g/mol. The quantitative estimate of drug-likeness (QED) is 0.709. The lowest BCUT2D eigenvalue weighted by Gasteiger charge is -2.07. The molecule has 0 radical (unpaired) electrons. The van der Waals surface area contributed by atoms with Crippen LogP contribution in [-0.4, -0.2) is 25.0 Å². The van der Waals surface area contributed by atoms with E-state index in [0.717, 1.165) is 5.82 Å². The second kappa shape index (κ2) is 7.02. The first-order valence-electron chi connectivity index (χ1n) is 7.47. The summed E-state index contributed by atoms with van der Waals surface area (Å²) in [5.74, 6) is 0.542. The van der Waals surface area contributed by atoms with Gasteiger partial charge in [0.1, 0.15) is 6.54 Å². The predicted octanol–water partition coefficient (Wildman–Crippen LogP) is 3.38. The molecule has 0 bridgehead atoms. The second-order valence-corrected chi connectivity index (χ2v) is 5.89. The van der Waals surface area contributed by atoms with Crippen molar-refractivity contribution in [1.82, 2.24) is 19.1 Å². The number of aryl methyl sites for hydroxylation is 1. The van der Waals surface area contributed by atoms with Gasteiger partial charge in [0.25, 0.3) is 0 Å². The molecule has 0 aliphatic rings. The SMILES string of the molecule is CCc1nn(CC(=O)Nc2ccccc2Cl)c(=S)n1-n1cccc1. The van der Waals surface area contributed by atoms with E-state index in [9.17, 15) is 4.79 Å². The van der Waals surface area contributed by atoms with E-state index in [-0.39, 0.29) is 12.5 Å². The summed E-state index contributed by atoms with van der Waals surface area (Å²) in [5, 5.41) is 7.71. The number of halogens is 1. The summed E-state index contributed by atoms with van der Waals surface area (Å²) >= 11 is 11.5. The van der Waals surface area contributed by atoms with Crippen molar-refractivity contribution < 1.29 is 4.79 Å². The standard InChI is InChI=1S/C16H16ClN5OS/c1-2-14-19-21(16(24)22(14)20-9-5-6-10-20)11-15(23)18-13-8-4-3-7-12(13)17/h3-10H,2,11H2,1H3,(H,18,23). The van der Waals surface area contributed by atoms with Crippen molar-refractivity contribution in [3.8, 4) is 0 Å². The molecule has 0 aliphatic heterocycles. The van der Waals surface area contributed by atoms with Gasteiger partial charge in [0.15, 0.2) is 5.82 Å². The smallest absolute Gasteiger partial charge is 0.246 e. The third-order valence-corrected chi connectivity index (χ3v) is 4.17. The molecule has 0 aliphatic carbocycles. The maximum Gasteiger partial charge on any atom is 0.246 e. The summed E-state index contributed by atoms with van der Waals surface area (Å²) in [5.41, 5.74) is 0.566. The number of aromatic nitrogens is 4. The molecule has 124 valence electrons. The van der Waals surface area contributed by atoms with E-state index in [1.165, 1.54) is 4.68 Å². The molecule has 0 spiro atoms. The minimum absolute atomic E-state index is 0.0192. The summed E-state index contributed by atoms with van der Waals surface area (Å²) in [7, 11) is 0. The molecular weight excluding hydrogens is 346 g/mol. The number of hydrogen-bond donors (Lipinski definition) is 1. The predicted molar refractivity (Wildman–Crippen MR) is 95.7 cm³/mol. The monoisotopic (exact) mass is 361 g/mol. The van der Waals surface area contributed by atoms with E-state index in [1.54, 1.807) is 22.9 Å². The number of nitrogens with zero attached hydrogens (tertiary/aromatic N) is 4. The van der Waals surface area contributed by atoms with Crippen molar-refractivity contribution >= 4 is 35.4 Å². The first kappa shape index (κ1) is 16.5. The third kappa shape index (κ3) is 3.27. The molecule has 2 aromatic heterocycles. The van der Waals surface area contributed by atoms with Gasteiger partial charge < -0.3 is 5.32 Å². The summed E-state index contributed by atoms with van der Waals surface area (Å²) in [6, 6.07) is 10.9. The largest absolute Gasteiger partial charge is 0.323 e. The molecule has 1 N–H and O–H groups in total. The highest BCUT2D eigenvalue weighted by molar-refractivity contribution is 7.71. The van der Waals surface area contributed by atoms with Gasteiger partial charge >= 0.3 is 0 Å². The van der Waals surface area contributed by atoms with Crippen molar-refractivity contribution in [1.29, 1.82) is 0 Å². The maximum atomic E-state index is 12.3. The molecule has 6 nitrogen and oxygen atoms in total. The third-order valence-electron chi connectivity index (χ3n) is 3.46. The summed E-state index contributed by atoms with van der Waals surface area (Å²) in [6.45, 7) is 2.01. The van der Waals surface area contributed by atoms with Gasteiger partial charge in [-0.25, -0.2) is 9.36 Å². The zero-order valence-electron chi connectivity index (χ0n) is 13.0. The second-order valence-electron chi connectivity index (χ2n) is 5.11. The Labute approximate surface area is 149 Å². The molecule has 1 amide bonds. The Balaban J connectivity index is 1.84. The van der Waals surface area contributed by atoms with Crippen LogP contribution in [0.25, 0.3) is 0 Å². The van der Waals surface area contributed by atoms with E-state index in [1.807, 2.05) is 42.2 Å². The molecule has 0 fully saturated rings. The van der Waals surface area contributed by atoms with Crippen LogP contribution in [0.5, 0.6) is 0 Å². The van der Waals surface area contributed by atoms with Gasteiger partial charge in [-0.05, 0) is 36.5 Å². The molecule has 0 atom stereocenters. The highest BCUT2D eigenvalue weighted by Crippen LogP contribution is 2.20. The fourth-order valence-corrected chi connectivity index (χ4v) is 2.83. The van der Waals surface area contributed by atoms with Crippen LogP contribution in [0.2, 0.25) is 5.02 Å². The van der Waals surface area contributed by atoms with Crippen molar-refractivity contribution in [3.63, 3.8) is 0 Å². The van der Waals surface area contributed by atoms with Gasteiger partial charge in [0, 0.05) is 18.8 Å². The molecule has 3 rings (SSSR count). The van der Waals surface area contributed by atoms with Crippen LogP contribution in [-0.2, 0) is 17.8 Å². The van der Waals surface area contributed by atoms with Crippen molar-refractivity contribution in [2.24, 2.45) is 0 Å². The number of benzene rings is 1. The number of hydrogen-bond acceptors (Lipinski definition) is 3. The summed E-state index contributed by atoms with van der Waals surface area (Å²) in [6.07, 6.45) is 4.45. The molecule has 3 aromatic rings. The Morgan fingerprint density at radius 2 is 1.96 bits per heavy atom. The number of nitrogens with one attached hydrogen (secondary N) is 1. The number of anilines is 1. The van der Waals surface area contributed by atoms with Crippen LogP contribution < -0.4 is 5.32 Å². The normalized spacial score (nSPS) is 10.8. The zero-order valence-corrected chi connectivity index (χ0v) is 14.6. The Hall–Kier alpha value is -2.38. The Bertz CT molecular complexity index is 913. The van der Waals surface area contributed by atoms with Crippen LogP contribution in [0, 0.1) is 4.77 Å². The lowest BCUT2D eigenvalue weighted by Crippen LogP contribution is -2.20. The Kier molecular flexibility index (Phi) is 4.82. The molecule has 0 saturated heterocycles. The summed E-state index contributed by atoms with van der Waals surface area (Å²) < 4.78 is 5.62. The first-order chi connectivity index (χ1) is 11.6. The lowest BCUT2D eigenvalue weighted by atomic mass is 10.3. The molecule has 0 unspecified atom stereocenters. The maximum absolute atomic E-state index is 12.3. The lowest BCUT2D eigenvalue weighted by molar-refractivity contribution is -0.116. The number of para-hydroxylation sites is 1. The highest BCUT2D eigenvalue weighted by Gasteiger charge is 2.13. The minimum atomic E-state index is -0.237. The van der Waals surface area contributed by atoms with Crippen LogP contribution in [0.4, 0.5) is 5.69 Å². The highest BCUT2D eigenvalue weighted by atomic mass is 35.5. The number of rotatable bonds is 5. The minimum Gasteiger partial charge on any atom is -0.323 e. The molecule has 8 heteroatoms. The molecule has 1 aromatic carbocycles. The van der Waals surface area contributed by atoms with E-state index in [2.05, 4.69) is 10.4 Å². The van der Waals surface area contributed by atoms with Gasteiger partial charge in [-0.15, -0.1) is 0 Å². The summed E-state index contributed by atoms with van der Waals surface area (Å²) in [4.78, 5) is 12.3. The van der Waals surface area contributed by atoms with E-state index >= 15 is 0 Å². The van der Waals surface area contributed by atoms with Crippen molar-refractivity contribution in [2.75, 3.05) is 5.32 Å². The van der Waals surface area contributed by atoms with Crippen LogP contribution in [0.15, 0.2) is 48.8 Å². The van der Waals surface area contributed by atoms with Gasteiger partial charge in [-0.2, -0.15) is 5.10 Å². The van der Waals surface area contributed by atoms with E-state index in [4.69, 9.17) is 23.8 Å². The average Bonchev–Trinajstić information content (AvgIpc) is 3.18. The number of amides is 1. The zero-order chi connectivity index (χ0) is 17.1. The van der Waals surface area contributed by atoms with Gasteiger partial charge in [-0.1, -0.05) is 30.7 Å². The van der Waals surface area contributed by atoms with Gasteiger partial charge in [0.2, 0.25) is 10.7 Å². The molecule has 24 heavy (non-hydrogen) atoms. The fourth-order valence-electron chi connectivity index (χ4n) is 2.35. The number of carbonyl (C=O) groups excluding carboxylic acids is 1. The van der Waals surface area contributed by atoms with Gasteiger partial charge in [0.05, 0.1) is 10.7 Å². The van der Waals surface area contributed by atoms with Crippen molar-refractivity contribution in [2.45, 2.75) is 19.9 Å². The van der Waals surface area contributed by atoms with Gasteiger partial charge in [-0.3, -0.25) is 9.47 Å². The van der Waals surface area contributed by atoms with Crippen LogP contribution >= 0.6 is 23.8 Å². The van der Waals surface area contributed by atoms with E-state index in [0.29, 0.717) is 21.9 Å². The molecular formula is C16H16ClN5OS. The van der Waals surface area contributed by atoms with Crippen molar-refractivity contribution in [3.05, 3.63) is 64.4 Å². The number of carbonyl (C=O) groups is 1. The van der Waals surface area contributed by atoms with Crippen LogP contribution in [0.1, 0.15) is 12.7 Å². The van der Waals surface area contributed by atoms with Crippen LogP contribution in [0.3, 0.4) is 0 Å². The topological polar surface area (TPSA) is 56.8 Å². The molecule has 2 heterocycles. The Morgan fingerprint density at radius 3 is 2.62 bits per heavy atom. The van der Waals surface area contributed by atoms with E-state index < -0.39 is 0 Å². The first-order valence-corrected chi connectivity index (χ1v) is 8.25. The fraction of sp³-hybridized carbons (Fsp3) is 0.188.